The second kappa shape index (κ2) is 20.1. The summed E-state index contributed by atoms with van der Waals surface area (Å²) in [6, 6.07) is 12.9. The molecule has 3 aromatic rings. The van der Waals surface area contributed by atoms with Crippen LogP contribution in [0.25, 0.3) is 0 Å². The van der Waals surface area contributed by atoms with E-state index in [4.69, 9.17) is 9.47 Å². The number of nitrogens with one attached hydrogen (secondary N) is 4. The number of aryl methyl sites for hydroxylation is 1. The number of aromatic nitrogens is 2. The number of aliphatic hydroxyl groups is 1. The van der Waals surface area contributed by atoms with Crippen molar-refractivity contribution >= 4 is 29.9 Å². The van der Waals surface area contributed by atoms with E-state index in [9.17, 15) is 29.1 Å². The van der Waals surface area contributed by atoms with Gasteiger partial charge < -0.3 is 35.5 Å². The SMILES string of the molecule is CCCc1ccc(OC(=O)N(C)C(=O)C[C@H](O)[C@H](CC(C)C)NC(=O)[C@H](Cc2cnc[nH]2)NC(=O)[C@H](Cc2ccccc2)NC(=O)OC(C)(C)C)cc1. The zero-order valence-corrected chi connectivity index (χ0v) is 31.7. The molecule has 4 atom stereocenters. The maximum Gasteiger partial charge on any atom is 0.421 e. The van der Waals surface area contributed by atoms with Gasteiger partial charge in [-0.2, -0.15) is 0 Å². The second-order valence-corrected chi connectivity index (χ2v) is 14.5. The number of hydrogen-bond donors (Lipinski definition) is 5. The fourth-order valence-corrected chi connectivity index (χ4v) is 5.45. The van der Waals surface area contributed by atoms with Gasteiger partial charge >= 0.3 is 12.2 Å². The zero-order chi connectivity index (χ0) is 39.1. The van der Waals surface area contributed by atoms with E-state index in [2.05, 4.69) is 32.8 Å². The van der Waals surface area contributed by atoms with Gasteiger partial charge in [-0.1, -0.05) is 69.7 Å². The van der Waals surface area contributed by atoms with E-state index < -0.39 is 66.2 Å². The predicted octanol–water partition coefficient (Wildman–Crippen LogP) is 4.46. The molecule has 14 nitrogen and oxygen atoms in total. The van der Waals surface area contributed by atoms with E-state index in [-0.39, 0.29) is 30.9 Å². The lowest BCUT2D eigenvalue weighted by molar-refractivity contribution is -0.133. The number of carbonyl (C=O) groups is 5. The summed E-state index contributed by atoms with van der Waals surface area (Å²) in [6.07, 6.45) is 1.60. The average Bonchev–Trinajstić information content (AvgIpc) is 3.60. The van der Waals surface area contributed by atoms with Gasteiger partial charge in [0.05, 0.1) is 24.9 Å². The third-order valence-corrected chi connectivity index (χ3v) is 8.12. The van der Waals surface area contributed by atoms with Crippen LogP contribution in [0.1, 0.15) is 77.6 Å². The van der Waals surface area contributed by atoms with Crippen LogP contribution in [0.2, 0.25) is 0 Å². The summed E-state index contributed by atoms with van der Waals surface area (Å²) in [5.74, 6) is -1.74. The van der Waals surface area contributed by atoms with Crippen LogP contribution >= 0.6 is 0 Å². The minimum Gasteiger partial charge on any atom is -0.444 e. The summed E-state index contributed by atoms with van der Waals surface area (Å²) >= 11 is 0. The summed E-state index contributed by atoms with van der Waals surface area (Å²) in [4.78, 5) is 74.2. The number of carbonyl (C=O) groups excluding carboxylic acids is 5. The molecule has 53 heavy (non-hydrogen) atoms. The first-order valence-electron chi connectivity index (χ1n) is 17.9. The minimum atomic E-state index is -1.39. The fourth-order valence-electron chi connectivity index (χ4n) is 5.45. The van der Waals surface area contributed by atoms with Crippen LogP contribution in [0.3, 0.4) is 0 Å². The largest absolute Gasteiger partial charge is 0.444 e. The quantitative estimate of drug-likeness (QED) is 0.133. The number of rotatable bonds is 17. The van der Waals surface area contributed by atoms with Crippen molar-refractivity contribution in [3.8, 4) is 5.75 Å². The Morgan fingerprint density at radius 2 is 1.53 bits per heavy atom. The fraction of sp³-hybridized carbons (Fsp3) is 0.487. The van der Waals surface area contributed by atoms with Crippen molar-refractivity contribution in [2.45, 2.75) is 110 Å². The molecule has 5 amide bonds. The lowest BCUT2D eigenvalue weighted by Gasteiger charge is -2.29. The van der Waals surface area contributed by atoms with Gasteiger partial charge in [0.1, 0.15) is 23.4 Å². The van der Waals surface area contributed by atoms with Gasteiger partial charge in [-0.25, -0.2) is 14.6 Å². The Bertz CT molecular complexity index is 1620. The summed E-state index contributed by atoms with van der Waals surface area (Å²) in [7, 11) is 1.26. The molecular formula is C39H54N6O8. The van der Waals surface area contributed by atoms with Crippen molar-refractivity contribution in [3.05, 3.63) is 83.9 Å². The number of ether oxygens (including phenoxy) is 2. The van der Waals surface area contributed by atoms with Gasteiger partial charge in [-0.3, -0.25) is 19.3 Å². The van der Waals surface area contributed by atoms with Gasteiger partial charge in [0.2, 0.25) is 17.7 Å². The lowest BCUT2D eigenvalue weighted by atomic mass is 9.96. The number of amides is 5. The highest BCUT2D eigenvalue weighted by molar-refractivity contribution is 5.93. The van der Waals surface area contributed by atoms with Crippen LogP contribution < -0.4 is 20.7 Å². The standard InChI is InChI=1S/C39H54N6O8/c1-8-12-26-15-17-29(18-16-26)52-38(51)45(7)34(47)22-33(46)30(19-25(2)3)42-36(49)32(21-28-23-40-24-41-28)43-35(48)31(20-27-13-10-9-11-14-27)44-37(50)53-39(4,5)6/h9-11,13-18,23-25,30-33,46H,8,12,19-22H2,1-7H3,(H,40,41)(H,42,49)(H,43,48)(H,44,50)/t30-,31-,32-,33-/m0/s1. The van der Waals surface area contributed by atoms with Crippen LogP contribution in [-0.4, -0.2) is 86.8 Å². The van der Waals surface area contributed by atoms with Crippen molar-refractivity contribution in [2.24, 2.45) is 5.92 Å². The van der Waals surface area contributed by atoms with Crippen molar-refractivity contribution in [1.82, 2.24) is 30.8 Å². The molecule has 288 valence electrons. The highest BCUT2D eigenvalue weighted by Crippen LogP contribution is 2.17. The summed E-state index contributed by atoms with van der Waals surface area (Å²) in [5, 5.41) is 19.5. The molecule has 14 heteroatoms. The summed E-state index contributed by atoms with van der Waals surface area (Å²) in [5.41, 5.74) is 1.58. The Hall–Kier alpha value is -5.24. The smallest absolute Gasteiger partial charge is 0.421 e. The van der Waals surface area contributed by atoms with Gasteiger partial charge in [0, 0.05) is 31.8 Å². The molecule has 1 heterocycles. The van der Waals surface area contributed by atoms with Crippen molar-refractivity contribution in [2.75, 3.05) is 7.05 Å². The normalized spacial score (nSPS) is 13.6. The maximum absolute atomic E-state index is 13.9. The van der Waals surface area contributed by atoms with Gasteiger partial charge in [0.15, 0.2) is 0 Å². The van der Waals surface area contributed by atoms with E-state index in [0.717, 1.165) is 28.9 Å². The van der Waals surface area contributed by atoms with Crippen molar-refractivity contribution < 1.29 is 38.6 Å². The average molecular weight is 735 g/mol. The number of benzene rings is 2. The molecule has 0 aliphatic carbocycles. The molecule has 0 unspecified atom stereocenters. The summed E-state index contributed by atoms with van der Waals surface area (Å²) in [6.45, 7) is 11.0. The Labute approximate surface area is 311 Å². The molecule has 3 rings (SSSR count). The summed E-state index contributed by atoms with van der Waals surface area (Å²) < 4.78 is 10.8. The minimum absolute atomic E-state index is 0.000502. The number of hydrogen-bond acceptors (Lipinski definition) is 9. The van der Waals surface area contributed by atoms with Crippen LogP contribution in [-0.2, 0) is 38.4 Å². The predicted molar refractivity (Wildman–Crippen MR) is 199 cm³/mol. The molecule has 0 aliphatic heterocycles. The van der Waals surface area contributed by atoms with Gasteiger partial charge in [0.25, 0.3) is 0 Å². The molecule has 0 bridgehead atoms. The number of alkyl carbamates (subject to hydrolysis) is 1. The first kappa shape index (κ1) is 42.2. The first-order valence-corrected chi connectivity index (χ1v) is 17.9. The Morgan fingerprint density at radius 1 is 0.887 bits per heavy atom. The topological polar surface area (TPSA) is 192 Å². The molecule has 0 radical (unpaired) electrons. The maximum atomic E-state index is 13.9. The third kappa shape index (κ3) is 14.7. The monoisotopic (exact) mass is 734 g/mol. The molecule has 0 spiro atoms. The Kier molecular flexibility index (Phi) is 16.0. The number of imidazole rings is 1. The van der Waals surface area contributed by atoms with E-state index in [0.29, 0.717) is 5.69 Å². The van der Waals surface area contributed by atoms with Crippen LogP contribution in [0.4, 0.5) is 9.59 Å². The van der Waals surface area contributed by atoms with Gasteiger partial charge in [-0.15, -0.1) is 0 Å². The highest BCUT2D eigenvalue weighted by Gasteiger charge is 2.33. The first-order chi connectivity index (χ1) is 25.0. The number of H-pyrrole nitrogens is 1. The number of nitrogens with zero attached hydrogens (tertiary/aromatic N) is 2. The highest BCUT2D eigenvalue weighted by atomic mass is 16.6. The van der Waals surface area contributed by atoms with Crippen molar-refractivity contribution in [3.63, 3.8) is 0 Å². The number of imide groups is 1. The lowest BCUT2D eigenvalue weighted by Crippen LogP contribution is -2.58. The van der Waals surface area contributed by atoms with E-state index in [1.165, 1.54) is 19.6 Å². The van der Waals surface area contributed by atoms with Crippen LogP contribution in [0, 0.1) is 5.92 Å². The third-order valence-electron chi connectivity index (χ3n) is 8.12. The van der Waals surface area contributed by atoms with Crippen LogP contribution in [0.15, 0.2) is 67.1 Å². The molecular weight excluding hydrogens is 680 g/mol. The zero-order valence-electron chi connectivity index (χ0n) is 31.7. The number of aromatic amines is 1. The molecule has 0 aliphatic rings. The molecule has 5 N–H and O–H groups in total. The number of aliphatic hydroxyl groups excluding tert-OH is 1. The van der Waals surface area contributed by atoms with E-state index >= 15 is 0 Å². The van der Waals surface area contributed by atoms with Crippen molar-refractivity contribution in [1.29, 1.82) is 0 Å². The van der Waals surface area contributed by atoms with E-state index in [1.807, 2.05) is 56.3 Å². The van der Waals surface area contributed by atoms with E-state index in [1.54, 1.807) is 32.9 Å². The molecule has 0 fully saturated rings. The second-order valence-electron chi connectivity index (χ2n) is 14.5. The Morgan fingerprint density at radius 3 is 2.11 bits per heavy atom. The van der Waals surface area contributed by atoms with Crippen LogP contribution in [0.5, 0.6) is 5.75 Å². The molecule has 2 aromatic carbocycles. The molecule has 1 aromatic heterocycles. The van der Waals surface area contributed by atoms with Gasteiger partial charge in [-0.05, 0) is 62.8 Å². The molecule has 0 saturated carbocycles. The Balaban J connectivity index is 1.75. The molecule has 0 saturated heterocycles.